The summed E-state index contributed by atoms with van der Waals surface area (Å²) in [6.07, 6.45) is 12.5. The van der Waals surface area contributed by atoms with Crippen LogP contribution in [0.2, 0.25) is 10.0 Å². The average Bonchev–Trinajstić information content (AvgIpc) is 3.76. The lowest BCUT2D eigenvalue weighted by Crippen LogP contribution is -2.49. The minimum Gasteiger partial charge on any atom is -0.493 e. The largest absolute Gasteiger partial charge is 0.493 e. The number of alkyl halides is 2. The molecule has 4 aliphatic carbocycles. The fourth-order valence-corrected chi connectivity index (χ4v) is 7.02. The monoisotopic (exact) mass is 615 g/mol. The van der Waals surface area contributed by atoms with Crippen molar-refractivity contribution in [2.24, 2.45) is 5.41 Å². The van der Waals surface area contributed by atoms with Gasteiger partial charge in [-0.25, -0.2) is 0 Å². The topological polar surface area (TPSA) is 79.5 Å². The predicted molar refractivity (Wildman–Crippen MR) is 153 cm³/mol. The van der Waals surface area contributed by atoms with Crippen molar-refractivity contribution in [2.45, 2.75) is 76.1 Å². The minimum atomic E-state index is -2.91. The first-order valence-electron chi connectivity index (χ1n) is 14.2. The number of hydrogen-bond donors (Lipinski definition) is 0. The molecule has 8 rings (SSSR count). The van der Waals surface area contributed by atoms with Gasteiger partial charge in [-0.05, 0) is 75.6 Å². The maximum Gasteiger partial charge on any atom is 0.387 e. The second-order valence-electron chi connectivity index (χ2n) is 11.8. The lowest BCUT2D eigenvalue weighted by molar-refractivity contribution is -0.150. The standard InChI is InChI=1S/C31H29Cl2F2N3O4/c32-22-14-36-15-23(33)26(22)27-21(28(42-38-27)18-1-2-18)16-40-31-9-6-30(7-10-31,8-11-31)17-39-19-3-4-24-20(13-19)25(5-12-37-24)41-29(34)35/h3-5,12-15,18,29H,1-2,6-11,16-17H2. The van der Waals surface area contributed by atoms with Crippen LogP contribution in [0.25, 0.3) is 22.2 Å². The van der Waals surface area contributed by atoms with Crippen molar-refractivity contribution in [1.29, 1.82) is 0 Å². The van der Waals surface area contributed by atoms with Crippen LogP contribution >= 0.6 is 23.2 Å². The second kappa shape index (κ2) is 10.9. The van der Waals surface area contributed by atoms with Gasteiger partial charge in [0, 0.05) is 46.4 Å². The van der Waals surface area contributed by atoms with Crippen LogP contribution in [0.5, 0.6) is 11.5 Å². The summed E-state index contributed by atoms with van der Waals surface area (Å²) in [5, 5.41) is 5.73. The Morgan fingerprint density at radius 1 is 1.00 bits per heavy atom. The van der Waals surface area contributed by atoms with E-state index in [2.05, 4.69) is 19.9 Å². The molecule has 0 amide bonds. The Hall–Kier alpha value is -3.01. The van der Waals surface area contributed by atoms with E-state index in [4.69, 9.17) is 37.2 Å². The molecule has 3 heterocycles. The van der Waals surface area contributed by atoms with Crippen molar-refractivity contribution in [1.82, 2.24) is 15.1 Å². The summed E-state index contributed by atoms with van der Waals surface area (Å²) >= 11 is 13.0. The van der Waals surface area contributed by atoms with E-state index >= 15 is 0 Å². The first kappa shape index (κ1) is 27.8. The zero-order valence-electron chi connectivity index (χ0n) is 22.8. The predicted octanol–water partition coefficient (Wildman–Crippen LogP) is 8.76. The third-order valence-corrected chi connectivity index (χ3v) is 9.72. The van der Waals surface area contributed by atoms with Crippen LogP contribution in [0.15, 0.2) is 47.4 Å². The fourth-order valence-electron chi connectivity index (χ4n) is 6.47. The number of halogens is 4. The maximum atomic E-state index is 12.9. The minimum absolute atomic E-state index is 0.0525. The van der Waals surface area contributed by atoms with E-state index in [0.717, 1.165) is 62.7 Å². The average molecular weight is 616 g/mol. The molecule has 0 saturated heterocycles. The van der Waals surface area contributed by atoms with Crippen molar-refractivity contribution < 1.29 is 27.5 Å². The Morgan fingerprint density at radius 2 is 1.74 bits per heavy atom. The van der Waals surface area contributed by atoms with Crippen LogP contribution in [0, 0.1) is 5.41 Å². The molecule has 11 heteroatoms. The van der Waals surface area contributed by atoms with Crippen molar-refractivity contribution in [2.75, 3.05) is 6.61 Å². The van der Waals surface area contributed by atoms with Crippen LogP contribution in [0.3, 0.4) is 0 Å². The normalized spacial score (nSPS) is 23.5. The zero-order valence-corrected chi connectivity index (χ0v) is 24.3. The van der Waals surface area contributed by atoms with Crippen molar-refractivity contribution in [3.05, 3.63) is 64.2 Å². The summed E-state index contributed by atoms with van der Waals surface area (Å²) in [6.45, 7) is -1.97. The fraction of sp³-hybridized carbons (Fsp3) is 0.452. The van der Waals surface area contributed by atoms with Gasteiger partial charge in [0.1, 0.15) is 23.0 Å². The van der Waals surface area contributed by atoms with Gasteiger partial charge < -0.3 is 18.7 Å². The molecule has 0 atom stereocenters. The molecule has 0 N–H and O–H groups in total. The Labute approximate surface area is 251 Å². The Balaban J connectivity index is 1.03. The molecule has 42 heavy (non-hydrogen) atoms. The molecule has 0 radical (unpaired) electrons. The molecule has 4 saturated carbocycles. The molecule has 0 spiro atoms. The van der Waals surface area contributed by atoms with Crippen molar-refractivity contribution in [3.8, 4) is 22.8 Å². The quantitative estimate of drug-likeness (QED) is 0.176. The maximum absolute atomic E-state index is 12.9. The van der Waals surface area contributed by atoms with E-state index in [1.165, 1.54) is 12.3 Å². The molecular formula is C31H29Cl2F2N3O4. The molecule has 7 nitrogen and oxygen atoms in total. The highest BCUT2D eigenvalue weighted by atomic mass is 35.5. The van der Waals surface area contributed by atoms with Gasteiger partial charge in [0.15, 0.2) is 0 Å². The Morgan fingerprint density at radius 3 is 2.43 bits per heavy atom. The van der Waals surface area contributed by atoms with Gasteiger partial charge in [0.25, 0.3) is 0 Å². The third-order valence-electron chi connectivity index (χ3n) is 9.15. The first-order chi connectivity index (χ1) is 20.3. The molecule has 220 valence electrons. The number of aromatic nitrogens is 3. The van der Waals surface area contributed by atoms with E-state index in [-0.39, 0.29) is 16.8 Å². The zero-order chi connectivity index (χ0) is 28.9. The van der Waals surface area contributed by atoms with Gasteiger partial charge in [0.05, 0.1) is 34.4 Å². The molecule has 4 aromatic rings. The highest BCUT2D eigenvalue weighted by Crippen LogP contribution is 2.55. The summed E-state index contributed by atoms with van der Waals surface area (Å²) in [7, 11) is 0. The van der Waals surface area contributed by atoms with E-state index in [0.29, 0.717) is 57.1 Å². The molecule has 2 bridgehead atoms. The summed E-state index contributed by atoms with van der Waals surface area (Å²) in [4.78, 5) is 8.32. The number of benzene rings is 1. The molecule has 4 fully saturated rings. The molecular weight excluding hydrogens is 587 g/mol. The van der Waals surface area contributed by atoms with Crippen molar-refractivity contribution >= 4 is 34.1 Å². The highest BCUT2D eigenvalue weighted by molar-refractivity contribution is 6.38. The SMILES string of the molecule is FC(F)Oc1ccnc2ccc(OCC34CCC(OCc5c(-c6c(Cl)cncc6Cl)noc5C5CC5)(CC3)CC4)cc12. The smallest absolute Gasteiger partial charge is 0.387 e. The summed E-state index contributed by atoms with van der Waals surface area (Å²) < 4.78 is 49.3. The van der Waals surface area contributed by atoms with Crippen LogP contribution in [0.1, 0.15) is 68.6 Å². The van der Waals surface area contributed by atoms with E-state index in [1.807, 2.05) is 6.07 Å². The molecule has 0 unspecified atom stereocenters. The number of nitrogens with zero attached hydrogens (tertiary/aromatic N) is 3. The Bertz CT molecular complexity index is 1580. The number of rotatable bonds is 10. The number of hydrogen-bond acceptors (Lipinski definition) is 7. The summed E-state index contributed by atoms with van der Waals surface area (Å²) in [5.41, 5.74) is 2.60. The van der Waals surface area contributed by atoms with E-state index in [9.17, 15) is 8.78 Å². The van der Waals surface area contributed by atoms with Gasteiger partial charge in [0.2, 0.25) is 0 Å². The van der Waals surface area contributed by atoms with Crippen LogP contribution in [-0.4, -0.2) is 33.9 Å². The van der Waals surface area contributed by atoms with Crippen LogP contribution < -0.4 is 9.47 Å². The van der Waals surface area contributed by atoms with Gasteiger partial charge >= 0.3 is 6.61 Å². The highest BCUT2D eigenvalue weighted by Gasteiger charge is 2.50. The van der Waals surface area contributed by atoms with Gasteiger partial charge in [-0.15, -0.1) is 0 Å². The number of ether oxygens (including phenoxy) is 3. The summed E-state index contributed by atoms with van der Waals surface area (Å²) in [6, 6.07) is 6.76. The Kier molecular flexibility index (Phi) is 7.23. The van der Waals surface area contributed by atoms with Crippen molar-refractivity contribution in [3.63, 3.8) is 0 Å². The van der Waals surface area contributed by atoms with Gasteiger partial charge in [-0.1, -0.05) is 28.4 Å². The van der Waals surface area contributed by atoms with Gasteiger partial charge in [-0.2, -0.15) is 8.78 Å². The third kappa shape index (κ3) is 5.31. The summed E-state index contributed by atoms with van der Waals surface area (Å²) in [5.74, 6) is 1.93. The number of pyridine rings is 2. The second-order valence-corrected chi connectivity index (χ2v) is 12.6. The van der Waals surface area contributed by atoms with Crippen LogP contribution in [-0.2, 0) is 11.3 Å². The lowest BCUT2D eigenvalue weighted by Gasteiger charge is -2.52. The first-order valence-corrected chi connectivity index (χ1v) is 15.0. The van der Waals surface area contributed by atoms with Gasteiger partial charge in [-0.3, -0.25) is 9.97 Å². The molecule has 4 aliphatic rings. The number of fused-ring (bicyclic) bond motifs is 4. The van der Waals surface area contributed by atoms with E-state index in [1.54, 1.807) is 24.5 Å². The lowest BCUT2D eigenvalue weighted by atomic mass is 9.59. The molecule has 1 aromatic carbocycles. The molecule has 3 aromatic heterocycles. The van der Waals surface area contributed by atoms with Crippen LogP contribution in [0.4, 0.5) is 8.78 Å². The molecule has 0 aliphatic heterocycles. The van der Waals surface area contributed by atoms with E-state index < -0.39 is 6.61 Å².